The van der Waals surface area contributed by atoms with E-state index in [1.807, 2.05) is 0 Å². The van der Waals surface area contributed by atoms with Gasteiger partial charge in [0.15, 0.2) is 0 Å². The third-order valence-corrected chi connectivity index (χ3v) is 7.54. The molecule has 6 nitrogen and oxygen atoms in total. The van der Waals surface area contributed by atoms with Crippen LogP contribution in [0.2, 0.25) is 5.15 Å². The van der Waals surface area contributed by atoms with Gasteiger partial charge in [-0.2, -0.15) is 0 Å². The third-order valence-electron chi connectivity index (χ3n) is 3.74. The molecule has 27 heavy (non-hydrogen) atoms. The van der Waals surface area contributed by atoms with Crippen LogP contribution in [0.15, 0.2) is 63.8 Å². The molecule has 0 bridgehead atoms. The van der Waals surface area contributed by atoms with Crippen molar-refractivity contribution in [2.45, 2.75) is 15.5 Å². The summed E-state index contributed by atoms with van der Waals surface area (Å²) in [4.78, 5) is 15.6. The summed E-state index contributed by atoms with van der Waals surface area (Å²) in [5.74, 6) is 0. The van der Waals surface area contributed by atoms with Crippen LogP contribution in [-0.4, -0.2) is 31.1 Å². The second kappa shape index (κ2) is 8.08. The van der Waals surface area contributed by atoms with E-state index < -0.39 is 15.9 Å². The number of amides is 1. The number of hydrogen-bond acceptors (Lipinski definition) is 5. The van der Waals surface area contributed by atoms with Crippen molar-refractivity contribution in [3.05, 3.63) is 64.8 Å². The van der Waals surface area contributed by atoms with E-state index in [0.717, 1.165) is 16.2 Å². The molecule has 0 spiro atoms. The number of pyridine rings is 1. The van der Waals surface area contributed by atoms with Gasteiger partial charge in [-0.15, -0.1) is 11.3 Å². The molecule has 2 aromatic heterocycles. The lowest BCUT2D eigenvalue weighted by Crippen LogP contribution is -2.22. The van der Waals surface area contributed by atoms with Crippen LogP contribution in [0.4, 0.5) is 4.79 Å². The maximum Gasteiger partial charge on any atom is 0.404 e. The Morgan fingerprint density at radius 3 is 2.56 bits per heavy atom. The van der Waals surface area contributed by atoms with E-state index in [1.165, 1.54) is 18.3 Å². The number of rotatable bonds is 6. The van der Waals surface area contributed by atoms with Crippen molar-refractivity contribution in [2.75, 3.05) is 6.54 Å². The second-order valence-electron chi connectivity index (χ2n) is 5.55. The number of halogens is 1. The number of nitrogens with zero attached hydrogens (tertiary/aromatic N) is 1. The first-order valence-corrected chi connectivity index (χ1v) is 10.6. The summed E-state index contributed by atoms with van der Waals surface area (Å²) in [5, 5.41) is 11.2. The van der Waals surface area contributed by atoms with Gasteiger partial charge in [0.05, 0.1) is 4.90 Å². The first-order chi connectivity index (χ1) is 12.9. The molecule has 0 aliphatic rings. The van der Waals surface area contributed by atoms with Crippen LogP contribution < -0.4 is 5.32 Å². The standard InChI is InChI=1S/C18H15ClN2O4S2/c19-16-14(7-4-9-20-16)15-11-12(8-10-21-18(22)23)26-17(15)27(24,25)13-5-2-1-3-6-13/h1-7,9,11,21H,8,10H2,(H,22,23). The molecule has 1 amide bonds. The van der Waals surface area contributed by atoms with Crippen molar-refractivity contribution in [3.63, 3.8) is 0 Å². The molecule has 0 aliphatic heterocycles. The predicted molar refractivity (Wildman–Crippen MR) is 104 cm³/mol. The third kappa shape index (κ3) is 4.29. The molecular weight excluding hydrogens is 408 g/mol. The van der Waals surface area contributed by atoms with E-state index in [4.69, 9.17) is 16.7 Å². The summed E-state index contributed by atoms with van der Waals surface area (Å²) in [6.07, 6.45) is 0.771. The minimum absolute atomic E-state index is 0.161. The van der Waals surface area contributed by atoms with Crippen LogP contribution in [-0.2, 0) is 16.3 Å². The summed E-state index contributed by atoms with van der Waals surface area (Å²) < 4.78 is 26.5. The van der Waals surface area contributed by atoms with E-state index in [-0.39, 0.29) is 20.8 Å². The highest BCUT2D eigenvalue weighted by Gasteiger charge is 2.26. The van der Waals surface area contributed by atoms with Crippen molar-refractivity contribution in [3.8, 4) is 11.1 Å². The number of aromatic nitrogens is 1. The molecule has 3 aromatic rings. The largest absolute Gasteiger partial charge is 0.465 e. The molecule has 3 rings (SSSR count). The van der Waals surface area contributed by atoms with E-state index in [2.05, 4.69) is 10.3 Å². The van der Waals surface area contributed by atoms with Crippen molar-refractivity contribution in [1.82, 2.24) is 10.3 Å². The van der Waals surface area contributed by atoms with E-state index in [1.54, 1.807) is 36.4 Å². The van der Waals surface area contributed by atoms with Crippen LogP contribution in [0, 0.1) is 0 Å². The Morgan fingerprint density at radius 1 is 1.15 bits per heavy atom. The van der Waals surface area contributed by atoms with Crippen LogP contribution in [0.3, 0.4) is 0 Å². The zero-order valence-electron chi connectivity index (χ0n) is 13.9. The Morgan fingerprint density at radius 2 is 1.89 bits per heavy atom. The molecule has 9 heteroatoms. The van der Waals surface area contributed by atoms with Crippen LogP contribution in [0.5, 0.6) is 0 Å². The highest BCUT2D eigenvalue weighted by molar-refractivity contribution is 7.93. The fourth-order valence-electron chi connectivity index (χ4n) is 2.52. The van der Waals surface area contributed by atoms with Crippen LogP contribution in [0.25, 0.3) is 11.1 Å². The van der Waals surface area contributed by atoms with Gasteiger partial charge in [-0.25, -0.2) is 18.2 Å². The van der Waals surface area contributed by atoms with Gasteiger partial charge < -0.3 is 10.4 Å². The molecule has 1 aromatic carbocycles. The monoisotopic (exact) mass is 422 g/mol. The highest BCUT2D eigenvalue weighted by Crippen LogP contribution is 2.40. The number of thiophene rings is 1. The van der Waals surface area contributed by atoms with Crippen molar-refractivity contribution < 1.29 is 18.3 Å². The lowest BCUT2D eigenvalue weighted by atomic mass is 10.1. The van der Waals surface area contributed by atoms with Crippen molar-refractivity contribution >= 4 is 38.9 Å². The van der Waals surface area contributed by atoms with Gasteiger partial charge in [0.2, 0.25) is 9.84 Å². The topological polar surface area (TPSA) is 96.4 Å². The minimum atomic E-state index is -3.76. The SMILES string of the molecule is O=C(O)NCCc1cc(-c2cccnc2Cl)c(S(=O)(=O)c2ccccc2)s1. The normalized spacial score (nSPS) is 11.3. The maximum atomic E-state index is 13.2. The number of nitrogens with one attached hydrogen (secondary N) is 1. The average Bonchev–Trinajstić information content (AvgIpc) is 3.07. The smallest absolute Gasteiger partial charge is 0.404 e. The number of sulfone groups is 1. The fraction of sp³-hybridized carbons (Fsp3) is 0.111. The number of carboxylic acid groups (broad SMARTS) is 1. The molecular formula is C18H15ClN2O4S2. The number of carbonyl (C=O) groups is 1. The highest BCUT2D eigenvalue weighted by atomic mass is 35.5. The zero-order valence-corrected chi connectivity index (χ0v) is 16.3. The Kier molecular flexibility index (Phi) is 5.79. The van der Waals surface area contributed by atoms with Gasteiger partial charge in [-0.1, -0.05) is 29.8 Å². The van der Waals surface area contributed by atoms with Gasteiger partial charge in [0.1, 0.15) is 9.36 Å². The van der Waals surface area contributed by atoms with Gasteiger partial charge in [0, 0.05) is 28.7 Å². The van der Waals surface area contributed by atoms with Crippen molar-refractivity contribution in [2.24, 2.45) is 0 Å². The minimum Gasteiger partial charge on any atom is -0.465 e. The van der Waals surface area contributed by atoms with E-state index in [0.29, 0.717) is 17.5 Å². The molecule has 0 saturated carbocycles. The maximum absolute atomic E-state index is 13.2. The first kappa shape index (κ1) is 19.3. The summed E-state index contributed by atoms with van der Waals surface area (Å²) in [5.41, 5.74) is 0.981. The van der Waals surface area contributed by atoms with Gasteiger partial charge in [0.25, 0.3) is 0 Å². The number of hydrogen-bond donors (Lipinski definition) is 2. The molecule has 140 valence electrons. The molecule has 0 radical (unpaired) electrons. The summed E-state index contributed by atoms with van der Waals surface area (Å²) in [6, 6.07) is 13.3. The second-order valence-corrected chi connectivity index (χ2v) is 9.19. The summed E-state index contributed by atoms with van der Waals surface area (Å²) in [7, 11) is -3.76. The Balaban J connectivity index is 2.10. The summed E-state index contributed by atoms with van der Waals surface area (Å²) in [6.45, 7) is 0.181. The van der Waals surface area contributed by atoms with Gasteiger partial charge in [-0.3, -0.25) is 0 Å². The lowest BCUT2D eigenvalue weighted by molar-refractivity contribution is 0.194. The molecule has 0 saturated heterocycles. The Labute approximate surface area is 165 Å². The molecule has 0 unspecified atom stereocenters. The Hall–Kier alpha value is -2.42. The fourth-order valence-corrected chi connectivity index (χ4v) is 5.88. The quantitative estimate of drug-likeness (QED) is 0.583. The van der Waals surface area contributed by atoms with Crippen LogP contribution >= 0.6 is 22.9 Å². The van der Waals surface area contributed by atoms with E-state index in [9.17, 15) is 13.2 Å². The molecule has 0 aliphatic carbocycles. The number of benzene rings is 1. The predicted octanol–water partition coefficient (Wildman–Crippen LogP) is 4.11. The van der Waals surface area contributed by atoms with Crippen molar-refractivity contribution in [1.29, 1.82) is 0 Å². The van der Waals surface area contributed by atoms with E-state index >= 15 is 0 Å². The molecule has 2 N–H and O–H groups in total. The lowest BCUT2D eigenvalue weighted by Gasteiger charge is -2.07. The molecule has 0 atom stereocenters. The van der Waals surface area contributed by atoms with Gasteiger partial charge in [-0.05, 0) is 36.8 Å². The zero-order chi connectivity index (χ0) is 19.4. The molecule has 0 fully saturated rings. The Bertz CT molecular complexity index is 1070. The first-order valence-electron chi connectivity index (χ1n) is 7.90. The average molecular weight is 423 g/mol. The summed E-state index contributed by atoms with van der Waals surface area (Å²) >= 11 is 7.30. The van der Waals surface area contributed by atoms with Crippen LogP contribution in [0.1, 0.15) is 4.88 Å². The molecule has 2 heterocycles. The van der Waals surface area contributed by atoms with Gasteiger partial charge >= 0.3 is 6.09 Å².